The van der Waals surface area contributed by atoms with E-state index in [9.17, 15) is 5.11 Å². The summed E-state index contributed by atoms with van der Waals surface area (Å²) >= 11 is 6.06. The molecule has 5 heteroatoms. The lowest BCUT2D eigenvalue weighted by Gasteiger charge is -2.23. The third-order valence-corrected chi connectivity index (χ3v) is 2.75. The van der Waals surface area contributed by atoms with Crippen LogP contribution < -0.4 is 0 Å². The summed E-state index contributed by atoms with van der Waals surface area (Å²) in [7, 11) is 1.64. The molecule has 17 heavy (non-hydrogen) atoms. The summed E-state index contributed by atoms with van der Waals surface area (Å²) in [5.74, 6) is 0. The van der Waals surface area contributed by atoms with E-state index in [1.54, 1.807) is 18.0 Å². The second-order valence-corrected chi connectivity index (χ2v) is 5.78. The predicted octanol–water partition coefficient (Wildman–Crippen LogP) is 2.65. The number of ether oxygens (including phenoxy) is 1. The number of aliphatic hydroxyl groups is 1. The molecule has 1 atom stereocenters. The Morgan fingerprint density at radius 1 is 1.53 bits per heavy atom. The van der Waals surface area contributed by atoms with E-state index in [1.807, 2.05) is 0 Å². The first kappa shape index (κ1) is 14.5. The van der Waals surface area contributed by atoms with E-state index in [2.05, 4.69) is 25.9 Å². The number of aliphatic hydroxyl groups excluding tert-OH is 1. The van der Waals surface area contributed by atoms with Gasteiger partial charge in [-0.2, -0.15) is 5.10 Å². The summed E-state index contributed by atoms with van der Waals surface area (Å²) in [5, 5.41) is 14.9. The lowest BCUT2D eigenvalue weighted by molar-refractivity contribution is 0.110. The Balaban J connectivity index is 2.83. The van der Waals surface area contributed by atoms with Crippen molar-refractivity contribution in [2.45, 2.75) is 39.8 Å². The van der Waals surface area contributed by atoms with Gasteiger partial charge in [-0.05, 0) is 11.8 Å². The molecule has 1 heterocycles. The fourth-order valence-electron chi connectivity index (χ4n) is 1.74. The number of methoxy groups -OCH3 is 1. The van der Waals surface area contributed by atoms with E-state index in [0.29, 0.717) is 30.3 Å². The van der Waals surface area contributed by atoms with E-state index >= 15 is 0 Å². The fourth-order valence-corrected chi connectivity index (χ4v) is 2.00. The monoisotopic (exact) mass is 260 g/mol. The third kappa shape index (κ3) is 4.30. The van der Waals surface area contributed by atoms with Crippen molar-refractivity contribution < 1.29 is 9.84 Å². The lowest BCUT2D eigenvalue weighted by atomic mass is 9.88. The average molecular weight is 261 g/mol. The summed E-state index contributed by atoms with van der Waals surface area (Å²) in [6.07, 6.45) is 1.62. The zero-order chi connectivity index (χ0) is 13.1. The van der Waals surface area contributed by atoms with Crippen LogP contribution in [0.3, 0.4) is 0 Å². The maximum Gasteiger partial charge on any atom is 0.0976 e. The number of hydrogen-bond acceptors (Lipinski definition) is 3. The highest BCUT2D eigenvalue weighted by molar-refractivity contribution is 6.31. The van der Waals surface area contributed by atoms with Crippen LogP contribution in [0.1, 0.15) is 39.0 Å². The van der Waals surface area contributed by atoms with Crippen LogP contribution in [0.15, 0.2) is 6.20 Å². The van der Waals surface area contributed by atoms with E-state index in [0.717, 1.165) is 0 Å². The molecule has 1 N–H and O–H groups in total. The molecule has 1 rings (SSSR count). The number of aromatic nitrogens is 2. The second kappa shape index (κ2) is 5.85. The van der Waals surface area contributed by atoms with Gasteiger partial charge in [0.2, 0.25) is 0 Å². The molecule has 0 saturated heterocycles. The summed E-state index contributed by atoms with van der Waals surface area (Å²) in [6, 6.07) is 0. The van der Waals surface area contributed by atoms with E-state index < -0.39 is 6.10 Å². The van der Waals surface area contributed by atoms with Crippen molar-refractivity contribution in [3.63, 3.8) is 0 Å². The highest BCUT2D eigenvalue weighted by Gasteiger charge is 2.23. The molecular formula is C12H21ClN2O2. The minimum atomic E-state index is -0.596. The first-order valence-corrected chi connectivity index (χ1v) is 6.11. The molecule has 4 nitrogen and oxygen atoms in total. The Labute approximate surface area is 108 Å². The van der Waals surface area contributed by atoms with Gasteiger partial charge in [-0.25, -0.2) is 0 Å². The Bertz CT molecular complexity index is 358. The molecule has 0 aliphatic heterocycles. The largest absolute Gasteiger partial charge is 0.387 e. The van der Waals surface area contributed by atoms with Crippen LogP contribution in [-0.4, -0.2) is 28.6 Å². The van der Waals surface area contributed by atoms with E-state index in [1.165, 1.54) is 0 Å². The van der Waals surface area contributed by atoms with Gasteiger partial charge in [-0.15, -0.1) is 0 Å². The summed E-state index contributed by atoms with van der Waals surface area (Å²) in [4.78, 5) is 0. The average Bonchev–Trinajstić information content (AvgIpc) is 2.54. The lowest BCUT2D eigenvalue weighted by Crippen LogP contribution is -2.17. The molecule has 0 fully saturated rings. The quantitative estimate of drug-likeness (QED) is 0.885. The van der Waals surface area contributed by atoms with Crippen molar-refractivity contribution in [3.05, 3.63) is 16.9 Å². The molecule has 0 amide bonds. The maximum atomic E-state index is 10.2. The van der Waals surface area contributed by atoms with Gasteiger partial charge in [0, 0.05) is 7.11 Å². The first-order valence-electron chi connectivity index (χ1n) is 5.73. The zero-order valence-corrected chi connectivity index (χ0v) is 11.7. The van der Waals surface area contributed by atoms with Gasteiger partial charge < -0.3 is 9.84 Å². The number of hydrogen-bond donors (Lipinski definition) is 1. The van der Waals surface area contributed by atoms with Crippen molar-refractivity contribution in [1.82, 2.24) is 9.78 Å². The second-order valence-electron chi connectivity index (χ2n) is 5.37. The highest BCUT2D eigenvalue weighted by atomic mass is 35.5. The van der Waals surface area contributed by atoms with Crippen molar-refractivity contribution in [1.29, 1.82) is 0 Å². The van der Waals surface area contributed by atoms with Gasteiger partial charge in [0.15, 0.2) is 0 Å². The zero-order valence-electron chi connectivity index (χ0n) is 10.9. The number of nitrogens with zero attached hydrogens (tertiary/aromatic N) is 2. The molecule has 0 aromatic carbocycles. The molecule has 1 aromatic rings. The molecule has 1 unspecified atom stereocenters. The van der Waals surface area contributed by atoms with E-state index in [4.69, 9.17) is 16.3 Å². The summed E-state index contributed by atoms with van der Waals surface area (Å²) in [6.45, 7) is 7.40. The molecule has 1 aromatic heterocycles. The Morgan fingerprint density at radius 3 is 2.71 bits per heavy atom. The van der Waals surface area contributed by atoms with Crippen molar-refractivity contribution >= 4 is 11.6 Å². The van der Waals surface area contributed by atoms with Crippen LogP contribution >= 0.6 is 11.6 Å². The molecule has 98 valence electrons. The molecule has 0 aliphatic carbocycles. The highest BCUT2D eigenvalue weighted by Crippen LogP contribution is 2.32. The van der Waals surface area contributed by atoms with Crippen LogP contribution in [-0.2, 0) is 11.3 Å². The Kier molecular flexibility index (Phi) is 4.98. The molecular weight excluding hydrogens is 240 g/mol. The third-order valence-electron chi connectivity index (χ3n) is 2.46. The maximum absolute atomic E-state index is 10.2. The van der Waals surface area contributed by atoms with Gasteiger partial charge >= 0.3 is 0 Å². The van der Waals surface area contributed by atoms with Crippen LogP contribution in [0.25, 0.3) is 0 Å². The molecule has 0 saturated carbocycles. The van der Waals surface area contributed by atoms with Crippen LogP contribution in [0.5, 0.6) is 0 Å². The standard InChI is InChI=1S/C12H21ClN2O2/c1-12(2,3)7-10(16)11-9(13)8-14-15(11)5-6-17-4/h8,10,16H,5-7H2,1-4H3. The number of rotatable bonds is 5. The van der Waals surface area contributed by atoms with Crippen molar-refractivity contribution in [3.8, 4) is 0 Å². The molecule has 0 bridgehead atoms. The summed E-state index contributed by atoms with van der Waals surface area (Å²) < 4.78 is 6.72. The minimum absolute atomic E-state index is 0.0408. The van der Waals surface area contributed by atoms with Gasteiger partial charge in [0.1, 0.15) is 0 Å². The number of halogens is 1. The molecule has 0 aliphatic rings. The SMILES string of the molecule is COCCn1ncc(Cl)c1C(O)CC(C)(C)C. The minimum Gasteiger partial charge on any atom is -0.387 e. The summed E-state index contributed by atoms with van der Waals surface area (Å²) in [5.41, 5.74) is 0.720. The normalized spacial score (nSPS) is 14.0. The fraction of sp³-hybridized carbons (Fsp3) is 0.750. The van der Waals surface area contributed by atoms with Crippen LogP contribution in [0.2, 0.25) is 5.02 Å². The predicted molar refractivity (Wildman–Crippen MR) is 68.1 cm³/mol. The van der Waals surface area contributed by atoms with Crippen LogP contribution in [0, 0.1) is 5.41 Å². The topological polar surface area (TPSA) is 47.3 Å². The van der Waals surface area contributed by atoms with Crippen molar-refractivity contribution in [2.24, 2.45) is 5.41 Å². The van der Waals surface area contributed by atoms with Gasteiger partial charge in [-0.3, -0.25) is 4.68 Å². The molecule has 0 radical (unpaired) electrons. The van der Waals surface area contributed by atoms with Crippen LogP contribution in [0.4, 0.5) is 0 Å². The Morgan fingerprint density at radius 2 is 2.18 bits per heavy atom. The molecule has 0 spiro atoms. The van der Waals surface area contributed by atoms with Crippen molar-refractivity contribution in [2.75, 3.05) is 13.7 Å². The smallest absolute Gasteiger partial charge is 0.0976 e. The first-order chi connectivity index (χ1) is 7.85. The Hall–Kier alpha value is -0.580. The van der Waals surface area contributed by atoms with E-state index in [-0.39, 0.29) is 5.41 Å². The van der Waals surface area contributed by atoms with Gasteiger partial charge in [0.05, 0.1) is 36.2 Å². The van der Waals surface area contributed by atoms with Gasteiger partial charge in [-0.1, -0.05) is 32.4 Å². The van der Waals surface area contributed by atoms with Gasteiger partial charge in [0.25, 0.3) is 0 Å².